The number of aliphatic carboxylic acids is 1. The number of nitrogens with one attached hydrogen (secondary N) is 2. The van der Waals surface area contributed by atoms with Crippen molar-refractivity contribution in [1.82, 2.24) is 15.5 Å². The van der Waals surface area contributed by atoms with Gasteiger partial charge in [-0.1, -0.05) is 55.0 Å². The van der Waals surface area contributed by atoms with Crippen LogP contribution in [-0.2, 0) is 14.3 Å². The summed E-state index contributed by atoms with van der Waals surface area (Å²) in [4.78, 5) is 38.8. The van der Waals surface area contributed by atoms with Gasteiger partial charge in [-0.3, -0.25) is 9.59 Å². The van der Waals surface area contributed by atoms with Gasteiger partial charge < -0.3 is 25.4 Å². The molecule has 1 fully saturated rings. The smallest absolute Gasteiger partial charge is 0.407 e. The summed E-state index contributed by atoms with van der Waals surface area (Å²) in [7, 11) is 3.64. The average Bonchev–Trinajstić information content (AvgIpc) is 3.38. The van der Waals surface area contributed by atoms with Crippen LogP contribution in [-0.4, -0.2) is 67.3 Å². The fraction of sp³-hybridized carbons (Fsp3) is 0.444. The van der Waals surface area contributed by atoms with Gasteiger partial charge in [-0.25, -0.2) is 4.79 Å². The minimum Gasteiger partial charge on any atom is -0.481 e. The van der Waals surface area contributed by atoms with E-state index in [-0.39, 0.29) is 36.8 Å². The van der Waals surface area contributed by atoms with Gasteiger partial charge in [0.15, 0.2) is 0 Å². The Morgan fingerprint density at radius 1 is 1.03 bits per heavy atom. The van der Waals surface area contributed by atoms with Gasteiger partial charge in [0, 0.05) is 18.5 Å². The third-order valence-electron chi connectivity index (χ3n) is 6.92. The van der Waals surface area contributed by atoms with Gasteiger partial charge in [0.05, 0.1) is 6.42 Å². The van der Waals surface area contributed by atoms with E-state index in [1.165, 1.54) is 0 Å². The molecule has 3 atom stereocenters. The van der Waals surface area contributed by atoms with Crippen LogP contribution in [0.2, 0.25) is 0 Å². The number of fused-ring (bicyclic) bond motifs is 3. The van der Waals surface area contributed by atoms with Crippen molar-refractivity contribution in [1.29, 1.82) is 0 Å². The van der Waals surface area contributed by atoms with Crippen LogP contribution in [0.25, 0.3) is 11.1 Å². The summed E-state index contributed by atoms with van der Waals surface area (Å²) >= 11 is 0. The molecule has 2 aliphatic rings. The maximum Gasteiger partial charge on any atom is 0.407 e. The molecule has 35 heavy (non-hydrogen) atoms. The molecule has 4 rings (SSSR count). The number of amides is 2. The zero-order valence-corrected chi connectivity index (χ0v) is 20.2. The molecule has 0 aromatic heterocycles. The van der Waals surface area contributed by atoms with Gasteiger partial charge in [-0.2, -0.15) is 0 Å². The second kappa shape index (κ2) is 10.9. The number of carboxylic acid groups (broad SMARTS) is 1. The molecule has 0 saturated heterocycles. The first-order valence-corrected chi connectivity index (χ1v) is 12.1. The van der Waals surface area contributed by atoms with Gasteiger partial charge in [-0.05, 0) is 55.1 Å². The number of carbonyl (C=O) groups is 3. The lowest BCUT2D eigenvalue weighted by atomic mass is 9.98. The first-order valence-electron chi connectivity index (χ1n) is 12.1. The van der Waals surface area contributed by atoms with E-state index in [0.717, 1.165) is 41.5 Å². The molecule has 2 aliphatic carbocycles. The zero-order chi connectivity index (χ0) is 24.9. The number of carboxylic acids is 1. The lowest BCUT2D eigenvalue weighted by molar-refractivity contribution is -0.138. The molecule has 2 amide bonds. The van der Waals surface area contributed by atoms with E-state index in [1.54, 1.807) is 0 Å². The molecule has 3 N–H and O–H groups in total. The van der Waals surface area contributed by atoms with E-state index in [2.05, 4.69) is 34.9 Å². The van der Waals surface area contributed by atoms with Crippen molar-refractivity contribution in [3.63, 3.8) is 0 Å². The lowest BCUT2D eigenvalue weighted by Crippen LogP contribution is -2.54. The number of rotatable bonds is 9. The lowest BCUT2D eigenvalue weighted by Gasteiger charge is -2.26. The fourth-order valence-corrected chi connectivity index (χ4v) is 5.32. The topological polar surface area (TPSA) is 108 Å². The van der Waals surface area contributed by atoms with Crippen LogP contribution in [0.1, 0.15) is 42.7 Å². The molecular weight excluding hydrogens is 446 g/mol. The fourth-order valence-electron chi connectivity index (χ4n) is 5.32. The van der Waals surface area contributed by atoms with Crippen LogP contribution in [0.4, 0.5) is 4.79 Å². The number of hydrogen-bond donors (Lipinski definition) is 3. The Labute approximate surface area is 205 Å². The van der Waals surface area contributed by atoms with Crippen LogP contribution in [0.3, 0.4) is 0 Å². The number of nitrogens with zero attached hydrogens (tertiary/aromatic N) is 1. The molecule has 8 heteroatoms. The van der Waals surface area contributed by atoms with Crippen LogP contribution in [0.5, 0.6) is 0 Å². The van der Waals surface area contributed by atoms with Crippen molar-refractivity contribution in [2.75, 3.05) is 27.2 Å². The number of alkyl carbamates (subject to hydrolysis) is 1. The molecule has 2 aromatic carbocycles. The maximum atomic E-state index is 13.0. The summed E-state index contributed by atoms with van der Waals surface area (Å²) in [5.41, 5.74) is 4.54. The Kier molecular flexibility index (Phi) is 7.70. The second-order valence-corrected chi connectivity index (χ2v) is 9.69. The monoisotopic (exact) mass is 479 g/mol. The maximum absolute atomic E-state index is 13.0. The normalized spacial score (nSPS) is 19.6. The predicted octanol–water partition coefficient (Wildman–Crippen LogP) is 3.21. The number of benzene rings is 2. The number of carbonyl (C=O) groups excluding carboxylic acids is 2. The summed E-state index contributed by atoms with van der Waals surface area (Å²) in [6, 6.07) is 15.2. The molecule has 0 bridgehead atoms. The first kappa shape index (κ1) is 24.7. The van der Waals surface area contributed by atoms with Crippen molar-refractivity contribution in [3.8, 4) is 11.1 Å². The summed E-state index contributed by atoms with van der Waals surface area (Å²) in [5.74, 6) is -1.34. The summed E-state index contributed by atoms with van der Waals surface area (Å²) < 4.78 is 5.62. The SMILES string of the molecule is CN(C)CC(NC(=O)OCC1c2ccccc2-c2ccccc21)C(=O)NC1CCCC1CC(=O)O. The summed E-state index contributed by atoms with van der Waals surface area (Å²) in [6.07, 6.45) is 1.77. The molecule has 1 saturated carbocycles. The van der Waals surface area contributed by atoms with E-state index in [1.807, 2.05) is 43.3 Å². The molecule has 2 aromatic rings. The van der Waals surface area contributed by atoms with Crippen LogP contribution in [0.15, 0.2) is 48.5 Å². The highest BCUT2D eigenvalue weighted by molar-refractivity contribution is 5.86. The van der Waals surface area contributed by atoms with Crippen LogP contribution in [0, 0.1) is 5.92 Å². The van der Waals surface area contributed by atoms with Gasteiger partial charge in [0.2, 0.25) is 5.91 Å². The highest BCUT2D eigenvalue weighted by Gasteiger charge is 2.33. The van der Waals surface area contributed by atoms with E-state index in [4.69, 9.17) is 9.84 Å². The Balaban J connectivity index is 1.38. The van der Waals surface area contributed by atoms with E-state index in [0.29, 0.717) is 6.54 Å². The predicted molar refractivity (Wildman–Crippen MR) is 132 cm³/mol. The van der Waals surface area contributed by atoms with Crippen molar-refractivity contribution >= 4 is 18.0 Å². The first-order chi connectivity index (χ1) is 16.8. The number of hydrogen-bond acceptors (Lipinski definition) is 5. The average molecular weight is 480 g/mol. The Morgan fingerprint density at radius 3 is 2.26 bits per heavy atom. The standard InChI is InChI=1S/C27H33N3O5/c1-30(2)15-24(26(33)28-23-13-7-8-17(23)14-25(31)32)29-27(34)35-16-22-20-11-5-3-9-18(20)19-10-4-6-12-21(19)22/h3-6,9-12,17,22-24H,7-8,13-16H2,1-2H3,(H,28,33)(H,29,34)(H,31,32). The molecule has 8 nitrogen and oxygen atoms in total. The molecule has 0 radical (unpaired) electrons. The van der Waals surface area contributed by atoms with Crippen molar-refractivity contribution < 1.29 is 24.2 Å². The van der Waals surface area contributed by atoms with Crippen LogP contribution >= 0.6 is 0 Å². The molecule has 186 valence electrons. The van der Waals surface area contributed by atoms with Crippen LogP contribution < -0.4 is 10.6 Å². The zero-order valence-electron chi connectivity index (χ0n) is 20.2. The molecule has 0 heterocycles. The van der Waals surface area contributed by atoms with Gasteiger partial charge in [0.25, 0.3) is 0 Å². The Morgan fingerprint density at radius 2 is 1.66 bits per heavy atom. The highest BCUT2D eigenvalue weighted by Crippen LogP contribution is 2.44. The Bertz CT molecular complexity index is 1040. The number of ether oxygens (including phenoxy) is 1. The van der Waals surface area contributed by atoms with Gasteiger partial charge in [-0.15, -0.1) is 0 Å². The van der Waals surface area contributed by atoms with Gasteiger partial charge in [0.1, 0.15) is 12.6 Å². The van der Waals surface area contributed by atoms with Gasteiger partial charge >= 0.3 is 12.1 Å². The van der Waals surface area contributed by atoms with E-state index >= 15 is 0 Å². The Hall–Kier alpha value is -3.39. The third-order valence-corrected chi connectivity index (χ3v) is 6.92. The summed E-state index contributed by atoms with van der Waals surface area (Å²) in [5, 5.41) is 14.8. The molecule has 0 spiro atoms. The van der Waals surface area contributed by atoms with Crippen molar-refractivity contribution in [2.24, 2.45) is 5.92 Å². The molecule has 3 unspecified atom stereocenters. The quantitative estimate of drug-likeness (QED) is 0.510. The minimum absolute atomic E-state index is 0.0309. The van der Waals surface area contributed by atoms with Crippen molar-refractivity contribution in [3.05, 3.63) is 59.7 Å². The van der Waals surface area contributed by atoms with E-state index < -0.39 is 18.1 Å². The highest BCUT2D eigenvalue weighted by atomic mass is 16.5. The largest absolute Gasteiger partial charge is 0.481 e. The van der Waals surface area contributed by atoms with E-state index in [9.17, 15) is 14.4 Å². The molecular formula is C27H33N3O5. The number of likely N-dealkylation sites (N-methyl/N-ethyl adjacent to an activating group) is 1. The third kappa shape index (κ3) is 5.82. The summed E-state index contributed by atoms with van der Waals surface area (Å²) in [6.45, 7) is 0.464. The minimum atomic E-state index is -0.863. The second-order valence-electron chi connectivity index (χ2n) is 9.69. The molecule has 0 aliphatic heterocycles. The van der Waals surface area contributed by atoms with Crippen molar-refractivity contribution in [2.45, 2.75) is 43.7 Å².